The first-order valence-electron chi connectivity index (χ1n) is 8.99. The van der Waals surface area contributed by atoms with Gasteiger partial charge in [-0.2, -0.15) is 0 Å². The van der Waals surface area contributed by atoms with Crippen molar-refractivity contribution in [3.8, 4) is 0 Å². The van der Waals surface area contributed by atoms with Gasteiger partial charge in [0.1, 0.15) is 0 Å². The number of carbonyl (C=O) groups excluding carboxylic acids is 3. The van der Waals surface area contributed by atoms with Crippen LogP contribution in [0.15, 0.2) is 48.5 Å². The van der Waals surface area contributed by atoms with Gasteiger partial charge in [0.25, 0.3) is 0 Å². The monoisotopic (exact) mass is 399 g/mol. The van der Waals surface area contributed by atoms with E-state index in [9.17, 15) is 14.4 Å². The molecule has 0 bridgehead atoms. The van der Waals surface area contributed by atoms with Crippen molar-refractivity contribution in [2.24, 2.45) is 5.92 Å². The number of hydrogen-bond donors (Lipinski definition) is 1. The molecule has 1 aliphatic rings. The van der Waals surface area contributed by atoms with Gasteiger partial charge in [-0.15, -0.1) is 0 Å². The Balaban J connectivity index is 1.61. The molecule has 2 aromatic rings. The van der Waals surface area contributed by atoms with Crippen LogP contribution >= 0.6 is 11.6 Å². The van der Waals surface area contributed by atoms with Crippen LogP contribution in [0.4, 0.5) is 11.4 Å². The molecule has 0 radical (unpaired) electrons. The fourth-order valence-electron chi connectivity index (χ4n) is 3.06. The van der Waals surface area contributed by atoms with Gasteiger partial charge in [-0.25, -0.2) is 0 Å². The highest BCUT2D eigenvalue weighted by atomic mass is 35.5. The van der Waals surface area contributed by atoms with Gasteiger partial charge in [0.05, 0.1) is 12.3 Å². The van der Waals surface area contributed by atoms with E-state index < -0.39 is 5.92 Å². The number of likely N-dealkylation sites (N-methyl/N-ethyl adjacent to an activating group) is 1. The third-order valence-corrected chi connectivity index (χ3v) is 4.93. The molecule has 1 fully saturated rings. The molecule has 0 saturated carbocycles. The van der Waals surface area contributed by atoms with E-state index in [1.807, 2.05) is 12.1 Å². The van der Waals surface area contributed by atoms with E-state index in [2.05, 4.69) is 5.32 Å². The number of nitrogens with zero attached hydrogens (tertiary/aromatic N) is 2. The van der Waals surface area contributed by atoms with Crippen molar-refractivity contribution in [2.75, 3.05) is 30.9 Å². The van der Waals surface area contributed by atoms with Gasteiger partial charge >= 0.3 is 0 Å². The number of nitrogens with one attached hydrogen (secondary N) is 1. The van der Waals surface area contributed by atoms with Gasteiger partial charge in [0.15, 0.2) is 0 Å². The number of carbonyl (C=O) groups is 3. The highest BCUT2D eigenvalue weighted by Gasteiger charge is 2.35. The number of amides is 3. The van der Waals surface area contributed by atoms with E-state index in [4.69, 9.17) is 11.6 Å². The lowest BCUT2D eigenvalue weighted by atomic mass is 10.1. The van der Waals surface area contributed by atoms with Crippen LogP contribution in [0, 0.1) is 5.92 Å². The predicted molar refractivity (Wildman–Crippen MR) is 109 cm³/mol. The van der Waals surface area contributed by atoms with E-state index >= 15 is 0 Å². The molecule has 146 valence electrons. The van der Waals surface area contributed by atoms with Crippen molar-refractivity contribution in [1.82, 2.24) is 4.90 Å². The molecule has 1 saturated heterocycles. The zero-order valence-electron chi connectivity index (χ0n) is 15.8. The average molecular weight is 400 g/mol. The average Bonchev–Trinajstić information content (AvgIpc) is 3.05. The molecular formula is C21H22ClN3O3. The molecule has 2 aromatic carbocycles. The van der Waals surface area contributed by atoms with E-state index in [-0.39, 0.29) is 24.1 Å². The van der Waals surface area contributed by atoms with Gasteiger partial charge in [-0.05, 0) is 35.9 Å². The Morgan fingerprint density at radius 2 is 1.89 bits per heavy atom. The lowest BCUT2D eigenvalue weighted by Gasteiger charge is -2.17. The maximum absolute atomic E-state index is 12.6. The quantitative estimate of drug-likeness (QED) is 0.840. The molecule has 0 aliphatic carbocycles. The van der Waals surface area contributed by atoms with Gasteiger partial charge in [-0.3, -0.25) is 14.4 Å². The largest absolute Gasteiger partial charge is 0.349 e. The van der Waals surface area contributed by atoms with Crippen molar-refractivity contribution in [2.45, 2.75) is 12.8 Å². The third kappa shape index (κ3) is 4.70. The summed E-state index contributed by atoms with van der Waals surface area (Å²) in [5.41, 5.74) is 2.21. The summed E-state index contributed by atoms with van der Waals surface area (Å²) in [6, 6.07) is 14.2. The second-order valence-corrected chi connectivity index (χ2v) is 7.47. The minimum atomic E-state index is -0.429. The van der Waals surface area contributed by atoms with Gasteiger partial charge in [-0.1, -0.05) is 29.8 Å². The van der Waals surface area contributed by atoms with E-state index in [1.165, 1.54) is 0 Å². The number of rotatable bonds is 5. The number of benzene rings is 2. The smallest absolute Gasteiger partial charge is 0.229 e. The summed E-state index contributed by atoms with van der Waals surface area (Å²) in [4.78, 5) is 39.8. The SMILES string of the molecule is CN(C)C(=O)Cc1ccc(NC(=O)C2CC(=O)N(c3cccc(Cl)c3)C2)cc1. The fourth-order valence-corrected chi connectivity index (χ4v) is 3.24. The molecule has 1 heterocycles. The Bertz CT molecular complexity index is 896. The lowest BCUT2D eigenvalue weighted by Crippen LogP contribution is -2.28. The minimum Gasteiger partial charge on any atom is -0.349 e. The Morgan fingerprint density at radius 1 is 1.18 bits per heavy atom. The molecule has 0 spiro atoms. The maximum Gasteiger partial charge on any atom is 0.229 e. The first-order chi connectivity index (χ1) is 13.3. The summed E-state index contributed by atoms with van der Waals surface area (Å²) in [6.07, 6.45) is 0.473. The Labute approximate surface area is 169 Å². The van der Waals surface area contributed by atoms with Crippen molar-refractivity contribution in [3.05, 3.63) is 59.1 Å². The lowest BCUT2D eigenvalue weighted by molar-refractivity contribution is -0.128. The first-order valence-corrected chi connectivity index (χ1v) is 9.37. The van der Waals surface area contributed by atoms with Crippen LogP contribution in [-0.2, 0) is 20.8 Å². The zero-order valence-corrected chi connectivity index (χ0v) is 16.6. The van der Waals surface area contributed by atoms with Crippen LogP contribution in [0.25, 0.3) is 0 Å². The molecule has 1 aliphatic heterocycles. The molecular weight excluding hydrogens is 378 g/mol. The van der Waals surface area contributed by atoms with Gasteiger partial charge in [0, 0.05) is 43.5 Å². The maximum atomic E-state index is 12.6. The summed E-state index contributed by atoms with van der Waals surface area (Å²) in [5, 5.41) is 3.40. The van der Waals surface area contributed by atoms with Crippen LogP contribution in [0.2, 0.25) is 5.02 Å². The molecule has 6 nitrogen and oxygen atoms in total. The predicted octanol–water partition coefficient (Wildman–Crippen LogP) is 2.96. The summed E-state index contributed by atoms with van der Waals surface area (Å²) < 4.78 is 0. The number of halogens is 1. The van der Waals surface area contributed by atoms with Crippen LogP contribution in [0.1, 0.15) is 12.0 Å². The van der Waals surface area contributed by atoms with Crippen LogP contribution < -0.4 is 10.2 Å². The molecule has 7 heteroatoms. The second kappa shape index (κ2) is 8.44. The highest BCUT2D eigenvalue weighted by molar-refractivity contribution is 6.31. The standard InChI is InChI=1S/C21H22ClN3O3/c1-24(2)19(26)10-14-6-8-17(9-7-14)23-21(28)15-11-20(27)25(13-15)18-5-3-4-16(22)12-18/h3-9,12,15H,10-11,13H2,1-2H3,(H,23,28). The normalized spacial score (nSPS) is 16.2. The number of hydrogen-bond acceptors (Lipinski definition) is 3. The first kappa shape index (κ1) is 19.9. The number of anilines is 2. The molecule has 1 unspecified atom stereocenters. The molecule has 1 atom stereocenters. The van der Waals surface area contributed by atoms with Crippen molar-refractivity contribution in [1.29, 1.82) is 0 Å². The van der Waals surface area contributed by atoms with Crippen LogP contribution in [-0.4, -0.2) is 43.3 Å². The van der Waals surface area contributed by atoms with E-state index in [0.717, 1.165) is 5.56 Å². The van der Waals surface area contributed by atoms with Crippen molar-refractivity contribution in [3.63, 3.8) is 0 Å². The topological polar surface area (TPSA) is 69.7 Å². The second-order valence-electron chi connectivity index (χ2n) is 7.04. The van der Waals surface area contributed by atoms with Crippen molar-refractivity contribution < 1.29 is 14.4 Å². The highest BCUT2D eigenvalue weighted by Crippen LogP contribution is 2.28. The molecule has 3 rings (SSSR count). The summed E-state index contributed by atoms with van der Waals surface area (Å²) in [7, 11) is 3.43. The zero-order chi connectivity index (χ0) is 20.3. The molecule has 28 heavy (non-hydrogen) atoms. The molecule has 3 amide bonds. The van der Waals surface area contributed by atoms with Crippen LogP contribution in [0.5, 0.6) is 0 Å². The molecule has 0 aromatic heterocycles. The Morgan fingerprint density at radius 3 is 2.54 bits per heavy atom. The minimum absolute atomic E-state index is 0.0161. The Hall–Kier alpha value is -2.86. The van der Waals surface area contributed by atoms with Crippen molar-refractivity contribution >= 4 is 40.7 Å². The summed E-state index contributed by atoms with van der Waals surface area (Å²) >= 11 is 6.00. The summed E-state index contributed by atoms with van der Waals surface area (Å²) in [6.45, 7) is 0.320. The van der Waals surface area contributed by atoms with E-state index in [0.29, 0.717) is 29.4 Å². The van der Waals surface area contributed by atoms with Crippen LogP contribution in [0.3, 0.4) is 0 Å². The molecule has 1 N–H and O–H groups in total. The Kier molecular flexibility index (Phi) is 5.99. The van der Waals surface area contributed by atoms with Gasteiger partial charge in [0.2, 0.25) is 17.7 Å². The fraction of sp³-hybridized carbons (Fsp3) is 0.286. The summed E-state index contributed by atoms with van der Waals surface area (Å²) in [5.74, 6) is -0.709. The van der Waals surface area contributed by atoms with Gasteiger partial charge < -0.3 is 15.1 Å². The third-order valence-electron chi connectivity index (χ3n) is 4.69. The van der Waals surface area contributed by atoms with E-state index in [1.54, 1.807) is 60.3 Å².